The monoisotopic (exact) mass is 349 g/mol. The van der Waals surface area contributed by atoms with Gasteiger partial charge >= 0.3 is 0 Å². The fraction of sp³-hybridized carbons (Fsp3) is 0.462. The molecule has 1 aromatic carbocycles. The van der Waals surface area contributed by atoms with E-state index < -0.39 is 0 Å². The summed E-state index contributed by atoms with van der Waals surface area (Å²) >= 11 is 15.4. The van der Waals surface area contributed by atoms with Crippen LogP contribution in [0.4, 0.5) is 0 Å². The summed E-state index contributed by atoms with van der Waals surface area (Å²) < 4.78 is 0. The fourth-order valence-electron chi connectivity index (χ4n) is 2.03. The Morgan fingerprint density at radius 3 is 2.56 bits per heavy atom. The first-order valence-corrected chi connectivity index (χ1v) is 7.59. The Kier molecular flexibility index (Phi) is 4.93. The summed E-state index contributed by atoms with van der Waals surface area (Å²) in [5.41, 5.74) is 0.912. The Labute approximate surface area is 125 Å². The highest BCUT2D eigenvalue weighted by molar-refractivity contribution is 9.09. The van der Waals surface area contributed by atoms with E-state index in [1.54, 1.807) is 12.1 Å². The maximum absolute atomic E-state index is 12.1. The molecule has 5 heteroatoms. The van der Waals surface area contributed by atoms with E-state index in [2.05, 4.69) is 15.9 Å². The lowest BCUT2D eigenvalue weighted by Gasteiger charge is -2.29. The number of rotatable bonds is 2. The highest BCUT2D eigenvalue weighted by atomic mass is 79.9. The molecule has 1 aliphatic heterocycles. The van der Waals surface area contributed by atoms with Crippen LogP contribution in [-0.2, 0) is 11.2 Å². The summed E-state index contributed by atoms with van der Waals surface area (Å²) in [6, 6.07) is 5.35. The largest absolute Gasteiger partial charge is 0.342 e. The number of nitrogens with zero attached hydrogens (tertiary/aromatic N) is 1. The number of alkyl halides is 1. The van der Waals surface area contributed by atoms with Crippen LogP contribution in [-0.4, -0.2) is 28.7 Å². The van der Waals surface area contributed by atoms with Gasteiger partial charge in [-0.3, -0.25) is 4.79 Å². The normalized spacial score (nSPS) is 16.9. The third kappa shape index (κ3) is 3.62. The van der Waals surface area contributed by atoms with E-state index in [1.165, 1.54) is 0 Å². The lowest BCUT2D eigenvalue weighted by molar-refractivity contribution is -0.131. The van der Waals surface area contributed by atoms with Gasteiger partial charge in [0, 0.05) is 17.9 Å². The molecule has 0 bridgehead atoms. The molecule has 0 spiro atoms. The third-order valence-electron chi connectivity index (χ3n) is 3.12. The smallest absolute Gasteiger partial charge is 0.226 e. The van der Waals surface area contributed by atoms with Crippen molar-refractivity contribution in [3.63, 3.8) is 0 Å². The average molecular weight is 351 g/mol. The van der Waals surface area contributed by atoms with Crippen molar-refractivity contribution in [2.75, 3.05) is 13.1 Å². The fourth-order valence-corrected chi connectivity index (χ4v) is 2.76. The summed E-state index contributed by atoms with van der Waals surface area (Å²) in [6.45, 7) is 1.66. The highest BCUT2D eigenvalue weighted by Gasteiger charge is 2.21. The molecule has 0 radical (unpaired) electrons. The maximum Gasteiger partial charge on any atom is 0.226 e. The topological polar surface area (TPSA) is 20.3 Å². The molecule has 0 N–H and O–H groups in total. The Morgan fingerprint density at radius 1 is 1.28 bits per heavy atom. The van der Waals surface area contributed by atoms with Crippen LogP contribution in [0.15, 0.2) is 18.2 Å². The van der Waals surface area contributed by atoms with Crippen molar-refractivity contribution in [3.8, 4) is 0 Å². The predicted octanol–water partition coefficient (Wildman–Crippen LogP) is 3.92. The Hall–Kier alpha value is -0.250. The molecule has 18 heavy (non-hydrogen) atoms. The minimum absolute atomic E-state index is 0.160. The van der Waals surface area contributed by atoms with Crippen molar-refractivity contribution in [2.45, 2.75) is 24.1 Å². The van der Waals surface area contributed by atoms with Crippen LogP contribution in [0.25, 0.3) is 0 Å². The van der Waals surface area contributed by atoms with Crippen LogP contribution >= 0.6 is 39.1 Å². The number of carbonyl (C=O) groups excluding carboxylic acids is 1. The second-order valence-corrected chi connectivity index (χ2v) is 6.59. The van der Waals surface area contributed by atoms with Crippen LogP contribution in [0, 0.1) is 0 Å². The van der Waals surface area contributed by atoms with Crippen molar-refractivity contribution in [1.82, 2.24) is 4.90 Å². The van der Waals surface area contributed by atoms with Gasteiger partial charge in [-0.05, 0) is 30.5 Å². The number of hydrogen-bond donors (Lipinski definition) is 0. The molecule has 2 rings (SSSR count). The Balaban J connectivity index is 1.96. The molecule has 1 heterocycles. The minimum Gasteiger partial charge on any atom is -0.342 e. The molecule has 1 aliphatic rings. The molecule has 0 unspecified atom stereocenters. The summed E-state index contributed by atoms with van der Waals surface area (Å²) in [5.74, 6) is 0.160. The molecular weight excluding hydrogens is 337 g/mol. The van der Waals surface area contributed by atoms with Gasteiger partial charge in [-0.2, -0.15) is 0 Å². The number of amides is 1. The minimum atomic E-state index is 0.160. The van der Waals surface area contributed by atoms with E-state index in [0.29, 0.717) is 21.3 Å². The van der Waals surface area contributed by atoms with Gasteiger partial charge in [0.15, 0.2) is 0 Å². The first-order valence-electron chi connectivity index (χ1n) is 5.92. The number of benzene rings is 1. The van der Waals surface area contributed by atoms with Crippen LogP contribution in [0.1, 0.15) is 18.4 Å². The number of carbonyl (C=O) groups is 1. The summed E-state index contributed by atoms with van der Waals surface area (Å²) in [7, 11) is 0. The quantitative estimate of drug-likeness (QED) is 0.740. The van der Waals surface area contributed by atoms with Crippen molar-refractivity contribution < 1.29 is 4.79 Å². The van der Waals surface area contributed by atoms with Gasteiger partial charge in [-0.25, -0.2) is 0 Å². The number of hydrogen-bond acceptors (Lipinski definition) is 1. The standard InChI is InChI=1S/C13H14BrCl2NO/c14-10-3-5-17(6-4-10)13(18)8-9-1-2-11(15)12(16)7-9/h1-2,7,10H,3-6,8H2. The van der Waals surface area contributed by atoms with Gasteiger partial charge in [0.25, 0.3) is 0 Å². The molecule has 0 aromatic heterocycles. The van der Waals surface area contributed by atoms with Crippen LogP contribution in [0.2, 0.25) is 10.0 Å². The zero-order chi connectivity index (χ0) is 13.1. The van der Waals surface area contributed by atoms with Gasteiger partial charge in [-0.1, -0.05) is 45.2 Å². The van der Waals surface area contributed by atoms with E-state index in [9.17, 15) is 4.79 Å². The van der Waals surface area contributed by atoms with Crippen molar-refractivity contribution in [2.24, 2.45) is 0 Å². The average Bonchev–Trinajstić information content (AvgIpc) is 2.34. The number of piperidine rings is 1. The van der Waals surface area contributed by atoms with Crippen molar-refractivity contribution in [3.05, 3.63) is 33.8 Å². The van der Waals surface area contributed by atoms with Gasteiger partial charge in [0.1, 0.15) is 0 Å². The van der Waals surface area contributed by atoms with E-state index in [-0.39, 0.29) is 5.91 Å². The lowest BCUT2D eigenvalue weighted by atomic mass is 10.1. The van der Waals surface area contributed by atoms with Crippen molar-refractivity contribution in [1.29, 1.82) is 0 Å². The van der Waals surface area contributed by atoms with Crippen molar-refractivity contribution >= 4 is 45.0 Å². The second-order valence-electron chi connectivity index (χ2n) is 4.48. The number of halogens is 3. The predicted molar refractivity (Wildman–Crippen MR) is 78.7 cm³/mol. The SMILES string of the molecule is O=C(Cc1ccc(Cl)c(Cl)c1)N1CCC(Br)CC1. The molecule has 0 atom stereocenters. The summed E-state index contributed by atoms with van der Waals surface area (Å²) in [5, 5.41) is 1.02. The second kappa shape index (κ2) is 6.27. The molecule has 1 amide bonds. The highest BCUT2D eigenvalue weighted by Crippen LogP contribution is 2.23. The van der Waals surface area contributed by atoms with Gasteiger partial charge in [-0.15, -0.1) is 0 Å². The Bertz CT molecular complexity index is 445. The molecule has 1 saturated heterocycles. The first kappa shape index (κ1) is 14.2. The van der Waals surface area contributed by atoms with Gasteiger partial charge < -0.3 is 4.90 Å². The van der Waals surface area contributed by atoms with Gasteiger partial charge in [0.05, 0.1) is 16.5 Å². The van der Waals surface area contributed by atoms with E-state index in [0.717, 1.165) is 31.5 Å². The van der Waals surface area contributed by atoms with E-state index in [4.69, 9.17) is 23.2 Å². The van der Waals surface area contributed by atoms with E-state index in [1.807, 2.05) is 11.0 Å². The zero-order valence-electron chi connectivity index (χ0n) is 9.83. The zero-order valence-corrected chi connectivity index (χ0v) is 12.9. The summed E-state index contributed by atoms with van der Waals surface area (Å²) in [4.78, 5) is 14.6. The molecular formula is C13H14BrCl2NO. The molecule has 2 nitrogen and oxygen atoms in total. The molecule has 1 aromatic rings. The molecule has 1 fully saturated rings. The maximum atomic E-state index is 12.1. The van der Waals surface area contributed by atoms with E-state index >= 15 is 0 Å². The van der Waals surface area contributed by atoms with Crippen LogP contribution < -0.4 is 0 Å². The summed E-state index contributed by atoms with van der Waals surface area (Å²) in [6.07, 6.45) is 2.43. The molecule has 98 valence electrons. The lowest BCUT2D eigenvalue weighted by Crippen LogP contribution is -2.39. The first-order chi connectivity index (χ1) is 8.56. The third-order valence-corrected chi connectivity index (χ3v) is 4.77. The Morgan fingerprint density at radius 2 is 1.94 bits per heavy atom. The number of likely N-dealkylation sites (tertiary alicyclic amines) is 1. The van der Waals surface area contributed by atoms with Gasteiger partial charge in [0.2, 0.25) is 5.91 Å². The van der Waals surface area contributed by atoms with Crippen LogP contribution in [0.5, 0.6) is 0 Å². The molecule has 0 saturated carbocycles. The van der Waals surface area contributed by atoms with Crippen LogP contribution in [0.3, 0.4) is 0 Å². The molecule has 0 aliphatic carbocycles.